The van der Waals surface area contributed by atoms with Crippen LogP contribution in [0.25, 0.3) is 11.0 Å². The van der Waals surface area contributed by atoms with Crippen LogP contribution in [0.15, 0.2) is 65.0 Å². The van der Waals surface area contributed by atoms with E-state index in [-0.39, 0.29) is 31.1 Å². The van der Waals surface area contributed by atoms with E-state index in [4.69, 9.17) is 23.4 Å². The Bertz CT molecular complexity index is 1360. The first-order valence-corrected chi connectivity index (χ1v) is 14.1. The number of benzene rings is 2. The number of amides is 1. The van der Waals surface area contributed by atoms with Gasteiger partial charge in [-0.3, -0.25) is 9.69 Å². The number of nitrogens with zero attached hydrogens (tertiary/aromatic N) is 2. The summed E-state index contributed by atoms with van der Waals surface area (Å²) in [5, 5.41) is 10.6. The summed E-state index contributed by atoms with van der Waals surface area (Å²) in [6, 6.07) is 14.0. The molecular formula is C31H36N2O7. The third-order valence-electron chi connectivity index (χ3n) is 7.99. The smallest absolute Gasteiger partial charge is 0.288 e. The van der Waals surface area contributed by atoms with Crippen LogP contribution in [0.5, 0.6) is 11.5 Å². The van der Waals surface area contributed by atoms with Gasteiger partial charge in [-0.2, -0.15) is 0 Å². The van der Waals surface area contributed by atoms with Gasteiger partial charge in [0.1, 0.15) is 5.58 Å². The van der Waals surface area contributed by atoms with Crippen molar-refractivity contribution in [3.63, 3.8) is 0 Å². The second-order valence-corrected chi connectivity index (χ2v) is 10.5. The Hall–Kier alpha value is -3.53. The molecule has 3 aliphatic rings. The largest absolute Gasteiger partial charge is 0.464 e. The first-order chi connectivity index (χ1) is 19.6. The molecule has 4 heterocycles. The molecule has 1 aromatic heterocycles. The number of aliphatic hydroxyl groups excluding tert-OH is 1. The molecule has 0 saturated carbocycles. The Balaban J connectivity index is 1.19. The Morgan fingerprint density at radius 2 is 1.90 bits per heavy atom. The quantitative estimate of drug-likeness (QED) is 0.424. The number of carbonyl (C=O) groups is 1. The summed E-state index contributed by atoms with van der Waals surface area (Å²) in [4.78, 5) is 18.0. The van der Waals surface area contributed by atoms with Crippen LogP contribution in [0.4, 0.5) is 0 Å². The third-order valence-corrected chi connectivity index (χ3v) is 7.99. The maximum Gasteiger partial charge on any atom is 0.288 e. The number of hydrogen-bond acceptors (Lipinski definition) is 8. The average molecular weight is 549 g/mol. The Morgan fingerprint density at radius 3 is 2.73 bits per heavy atom. The van der Waals surface area contributed by atoms with Gasteiger partial charge in [0.25, 0.3) is 5.91 Å². The average Bonchev–Trinajstić information content (AvgIpc) is 3.63. The van der Waals surface area contributed by atoms with Crippen LogP contribution in [-0.2, 0) is 20.8 Å². The van der Waals surface area contributed by atoms with Crippen molar-refractivity contribution in [1.29, 1.82) is 0 Å². The van der Waals surface area contributed by atoms with Gasteiger partial charge in [0.15, 0.2) is 17.3 Å². The molecule has 0 spiro atoms. The van der Waals surface area contributed by atoms with Crippen molar-refractivity contribution >= 4 is 16.9 Å². The summed E-state index contributed by atoms with van der Waals surface area (Å²) in [5.74, 6) is 1.55. The highest BCUT2D eigenvalue weighted by molar-refractivity contribution is 5.92. The minimum absolute atomic E-state index is 0.0665. The normalized spacial score (nSPS) is 22.8. The lowest BCUT2D eigenvalue weighted by Crippen LogP contribution is -2.49. The molecule has 9 nitrogen and oxygen atoms in total. The molecule has 9 heteroatoms. The van der Waals surface area contributed by atoms with Gasteiger partial charge in [-0.05, 0) is 49.6 Å². The zero-order chi connectivity index (χ0) is 27.5. The Kier molecular flexibility index (Phi) is 7.95. The van der Waals surface area contributed by atoms with E-state index in [0.29, 0.717) is 38.3 Å². The maximum absolute atomic E-state index is 13.8. The number of rotatable bonds is 9. The molecule has 0 unspecified atom stereocenters. The molecule has 0 aliphatic carbocycles. The summed E-state index contributed by atoms with van der Waals surface area (Å²) in [6.07, 6.45) is 4.44. The van der Waals surface area contributed by atoms with Crippen LogP contribution >= 0.6 is 0 Å². The lowest BCUT2D eigenvalue weighted by atomic mass is 9.80. The van der Waals surface area contributed by atoms with E-state index in [1.165, 1.54) is 0 Å². The summed E-state index contributed by atoms with van der Waals surface area (Å²) < 4.78 is 29.1. The predicted octanol–water partition coefficient (Wildman–Crippen LogP) is 4.25. The molecular weight excluding hydrogens is 512 g/mol. The van der Waals surface area contributed by atoms with Crippen molar-refractivity contribution in [1.82, 2.24) is 9.80 Å². The summed E-state index contributed by atoms with van der Waals surface area (Å²) in [5.41, 5.74) is 2.97. The van der Waals surface area contributed by atoms with E-state index in [9.17, 15) is 9.90 Å². The number of aliphatic hydroxyl groups is 1. The van der Waals surface area contributed by atoms with E-state index in [1.807, 2.05) is 54.3 Å². The minimum Gasteiger partial charge on any atom is -0.464 e. The van der Waals surface area contributed by atoms with Gasteiger partial charge < -0.3 is 33.4 Å². The SMILES string of the molecule is CCO[C@@H]1OC(C(=O)N2CCN(Cc3ccc4c(c3)OCO4)CC2)=C[C@H](c2coc3ccccc23)[C@@H]1CCCO. The van der Waals surface area contributed by atoms with Gasteiger partial charge in [-0.1, -0.05) is 24.3 Å². The standard InChI is InChI=1S/C31H36N2O7/c1-2-36-31-23(7-5-15-34)24(25-19-37-26-8-4-3-6-22(25)26)17-29(40-31)30(35)33-13-11-32(12-14-33)18-21-9-10-27-28(16-21)39-20-38-27/h3-4,6,8-10,16-17,19,23-24,31,34H,2,5,7,11-15,18,20H2,1H3/t23-,24-,31+/m0/s1. The highest BCUT2D eigenvalue weighted by atomic mass is 16.7. The number of piperazine rings is 1. The van der Waals surface area contributed by atoms with Gasteiger partial charge in [-0.25, -0.2) is 0 Å². The van der Waals surface area contributed by atoms with E-state index in [0.717, 1.165) is 53.2 Å². The molecule has 212 valence electrons. The zero-order valence-electron chi connectivity index (χ0n) is 22.8. The van der Waals surface area contributed by atoms with Crippen LogP contribution < -0.4 is 9.47 Å². The number of furan rings is 1. The maximum atomic E-state index is 13.8. The second-order valence-electron chi connectivity index (χ2n) is 10.5. The second kappa shape index (κ2) is 11.9. The van der Waals surface area contributed by atoms with E-state index < -0.39 is 6.29 Å². The van der Waals surface area contributed by atoms with Crippen molar-refractivity contribution in [3.8, 4) is 11.5 Å². The molecule has 3 atom stereocenters. The van der Waals surface area contributed by atoms with Crippen LogP contribution in [-0.4, -0.2) is 73.3 Å². The van der Waals surface area contributed by atoms with Gasteiger partial charge in [0.2, 0.25) is 13.1 Å². The molecule has 6 rings (SSSR count). The van der Waals surface area contributed by atoms with E-state index in [1.54, 1.807) is 6.26 Å². The first-order valence-electron chi connectivity index (χ1n) is 14.1. The van der Waals surface area contributed by atoms with Crippen molar-refractivity contribution in [2.75, 3.05) is 46.2 Å². The number of allylic oxidation sites excluding steroid dienone is 1. The van der Waals surface area contributed by atoms with Crippen LogP contribution in [0.3, 0.4) is 0 Å². The molecule has 0 radical (unpaired) electrons. The number of para-hydroxylation sites is 1. The first kappa shape index (κ1) is 26.7. The molecule has 1 saturated heterocycles. The lowest BCUT2D eigenvalue weighted by Gasteiger charge is -2.39. The topological polar surface area (TPSA) is 93.8 Å². The Labute approximate surface area is 233 Å². The molecule has 3 aromatic rings. The van der Waals surface area contributed by atoms with Gasteiger partial charge >= 0.3 is 0 Å². The molecule has 3 aliphatic heterocycles. The van der Waals surface area contributed by atoms with Crippen molar-refractivity contribution in [3.05, 3.63) is 71.7 Å². The molecule has 1 N–H and O–H groups in total. The molecule has 40 heavy (non-hydrogen) atoms. The molecule has 1 amide bonds. The van der Waals surface area contributed by atoms with Crippen LogP contribution in [0, 0.1) is 5.92 Å². The summed E-state index contributed by atoms with van der Waals surface area (Å²) >= 11 is 0. The number of fused-ring (bicyclic) bond motifs is 2. The third kappa shape index (κ3) is 5.41. The summed E-state index contributed by atoms with van der Waals surface area (Å²) in [6.45, 7) is 6.25. The van der Waals surface area contributed by atoms with E-state index in [2.05, 4.69) is 11.0 Å². The van der Waals surface area contributed by atoms with Crippen molar-refractivity contribution in [2.45, 2.75) is 38.5 Å². The number of ether oxygens (including phenoxy) is 4. The zero-order valence-corrected chi connectivity index (χ0v) is 22.8. The summed E-state index contributed by atoms with van der Waals surface area (Å²) in [7, 11) is 0. The fourth-order valence-corrected chi connectivity index (χ4v) is 5.93. The highest BCUT2D eigenvalue weighted by Gasteiger charge is 2.40. The minimum atomic E-state index is -0.591. The van der Waals surface area contributed by atoms with Gasteiger partial charge in [0, 0.05) is 68.7 Å². The van der Waals surface area contributed by atoms with Gasteiger partial charge in [0.05, 0.1) is 6.26 Å². The van der Waals surface area contributed by atoms with Crippen LogP contribution in [0.1, 0.15) is 36.8 Å². The fourth-order valence-electron chi connectivity index (χ4n) is 5.93. The molecule has 2 aromatic carbocycles. The highest BCUT2D eigenvalue weighted by Crippen LogP contribution is 2.42. The number of hydrogen-bond donors (Lipinski definition) is 1. The van der Waals surface area contributed by atoms with Crippen molar-refractivity contribution in [2.24, 2.45) is 5.92 Å². The monoisotopic (exact) mass is 548 g/mol. The van der Waals surface area contributed by atoms with Crippen molar-refractivity contribution < 1.29 is 33.3 Å². The predicted molar refractivity (Wildman–Crippen MR) is 148 cm³/mol. The Morgan fingerprint density at radius 1 is 1.07 bits per heavy atom. The van der Waals surface area contributed by atoms with Crippen LogP contribution in [0.2, 0.25) is 0 Å². The molecule has 1 fully saturated rings. The fraction of sp³-hybridized carbons (Fsp3) is 0.452. The molecule has 0 bridgehead atoms. The van der Waals surface area contributed by atoms with Gasteiger partial charge in [-0.15, -0.1) is 0 Å². The van der Waals surface area contributed by atoms with E-state index >= 15 is 0 Å². The number of carbonyl (C=O) groups excluding carboxylic acids is 1. The lowest BCUT2D eigenvalue weighted by molar-refractivity contribution is -0.171.